The molecular formula is C47H60FN5O9S2. The number of ether oxygens (including phenoxy) is 3. The van der Waals surface area contributed by atoms with Crippen LogP contribution in [-0.4, -0.2) is 102 Å². The second-order valence-corrected chi connectivity index (χ2v) is 20.6. The number of hydrogen-bond donors (Lipinski definition) is 3. The van der Waals surface area contributed by atoms with E-state index in [0.29, 0.717) is 42.1 Å². The first-order valence-corrected chi connectivity index (χ1v) is 24.1. The van der Waals surface area contributed by atoms with Crippen LogP contribution in [0.2, 0.25) is 0 Å². The second-order valence-electron chi connectivity index (χ2n) is 17.6. The number of methoxy groups -OCH3 is 2. The van der Waals surface area contributed by atoms with E-state index in [1.807, 2.05) is 73.7 Å². The number of unbranched alkanes of at least 4 members (excludes halogenated alkanes) is 2. The van der Waals surface area contributed by atoms with Gasteiger partial charge in [-0.3, -0.25) is 14.4 Å². The molecular weight excluding hydrogens is 862 g/mol. The van der Waals surface area contributed by atoms with Crippen molar-refractivity contribution in [3.05, 3.63) is 94.6 Å². The average molecular weight is 922 g/mol. The van der Waals surface area contributed by atoms with Gasteiger partial charge < -0.3 is 34.9 Å². The standard InChI is InChI=1S/C47H60FN5O9S2/c1-31-41(63-30-50-31)34-14-15-35(26-49-43(55)39-25-36(54)29-53(39)44(56)42(46(2,3)4)51-45(57)47(48)20-21-47)40(24-34)62-22-8-7-9-23-64(58,59)52(27-32-10-16-37(60-5)17-11-32)28-33-12-18-38(61-6)19-13-33/h10-19,24,30,36,39,42,54H,7-9,20-23,25-29H2,1-6H3,(H,49,55)(H,51,57)/t36-,39+,42-/m1/s1. The van der Waals surface area contributed by atoms with Crippen LogP contribution < -0.4 is 24.8 Å². The fourth-order valence-electron chi connectivity index (χ4n) is 7.57. The van der Waals surface area contributed by atoms with Crippen LogP contribution in [0.3, 0.4) is 0 Å². The van der Waals surface area contributed by atoms with Gasteiger partial charge in [-0.05, 0) is 91.5 Å². The molecule has 346 valence electrons. The number of aromatic nitrogens is 1. The lowest BCUT2D eigenvalue weighted by Gasteiger charge is -2.35. The molecule has 6 rings (SSSR count). The maximum atomic E-state index is 14.6. The van der Waals surface area contributed by atoms with Gasteiger partial charge in [0, 0.05) is 38.2 Å². The molecule has 17 heteroatoms. The monoisotopic (exact) mass is 921 g/mol. The van der Waals surface area contributed by atoms with Crippen LogP contribution in [0.4, 0.5) is 4.39 Å². The molecule has 0 spiro atoms. The molecule has 1 saturated heterocycles. The van der Waals surface area contributed by atoms with E-state index in [-0.39, 0.29) is 57.8 Å². The molecule has 64 heavy (non-hydrogen) atoms. The summed E-state index contributed by atoms with van der Waals surface area (Å²) in [6.45, 7) is 7.79. The summed E-state index contributed by atoms with van der Waals surface area (Å²) in [7, 11) is -0.511. The van der Waals surface area contributed by atoms with Gasteiger partial charge in [-0.2, -0.15) is 4.31 Å². The van der Waals surface area contributed by atoms with Gasteiger partial charge in [0.25, 0.3) is 5.91 Å². The predicted molar refractivity (Wildman–Crippen MR) is 243 cm³/mol. The largest absolute Gasteiger partial charge is 0.497 e. The van der Waals surface area contributed by atoms with Crippen molar-refractivity contribution in [2.24, 2.45) is 5.41 Å². The van der Waals surface area contributed by atoms with Crippen molar-refractivity contribution in [3.63, 3.8) is 0 Å². The van der Waals surface area contributed by atoms with E-state index in [9.17, 15) is 32.3 Å². The van der Waals surface area contributed by atoms with Crippen molar-refractivity contribution in [1.29, 1.82) is 0 Å². The molecule has 2 heterocycles. The fourth-order valence-corrected chi connectivity index (χ4v) is 9.89. The van der Waals surface area contributed by atoms with Gasteiger partial charge in [0.05, 0.1) is 48.8 Å². The molecule has 2 aliphatic rings. The molecule has 1 aliphatic carbocycles. The van der Waals surface area contributed by atoms with Crippen LogP contribution in [0.1, 0.15) is 81.7 Å². The van der Waals surface area contributed by atoms with Crippen molar-refractivity contribution in [1.82, 2.24) is 24.8 Å². The number of alkyl halides is 1. The minimum atomic E-state index is -3.68. The molecule has 3 atom stereocenters. The Morgan fingerprint density at radius 1 is 0.969 bits per heavy atom. The summed E-state index contributed by atoms with van der Waals surface area (Å²) in [5.74, 6) is -0.0528. The Labute approximate surface area is 379 Å². The van der Waals surface area contributed by atoms with Crippen LogP contribution in [0.15, 0.2) is 72.2 Å². The quantitative estimate of drug-likeness (QED) is 0.0802. The number of carbonyl (C=O) groups excluding carboxylic acids is 3. The smallest absolute Gasteiger partial charge is 0.258 e. The number of aryl methyl sites for hydroxylation is 1. The second kappa shape index (κ2) is 20.8. The van der Waals surface area contributed by atoms with Crippen molar-refractivity contribution in [3.8, 4) is 27.7 Å². The van der Waals surface area contributed by atoms with Crippen LogP contribution in [0.25, 0.3) is 10.4 Å². The molecule has 0 bridgehead atoms. The van der Waals surface area contributed by atoms with Crippen LogP contribution >= 0.6 is 11.3 Å². The summed E-state index contributed by atoms with van der Waals surface area (Å²) in [4.78, 5) is 47.1. The Bertz CT molecular complexity index is 2300. The number of aliphatic hydroxyl groups excluding tert-OH is 1. The number of nitrogens with zero attached hydrogens (tertiary/aromatic N) is 3. The van der Waals surface area contributed by atoms with Crippen molar-refractivity contribution in [2.75, 3.05) is 33.1 Å². The van der Waals surface area contributed by atoms with Gasteiger partial charge in [0.1, 0.15) is 29.3 Å². The van der Waals surface area contributed by atoms with E-state index in [0.717, 1.165) is 27.3 Å². The predicted octanol–water partition coefficient (Wildman–Crippen LogP) is 6.33. The Kier molecular flexibility index (Phi) is 15.7. The van der Waals surface area contributed by atoms with E-state index >= 15 is 0 Å². The SMILES string of the molecule is COc1ccc(CN(Cc2ccc(OC)cc2)S(=O)(=O)CCCCCOc2cc(-c3scnc3C)ccc2CNC(=O)[C@@H]2C[C@@H](O)CN2C(=O)[C@@H](NC(=O)C2(F)CC2)C(C)(C)C)cc1. The third-order valence-electron chi connectivity index (χ3n) is 11.6. The van der Waals surface area contributed by atoms with E-state index in [2.05, 4.69) is 15.6 Å². The van der Waals surface area contributed by atoms with Gasteiger partial charge >= 0.3 is 0 Å². The Hall–Kier alpha value is -5.10. The van der Waals surface area contributed by atoms with Crippen LogP contribution in [0.5, 0.6) is 17.2 Å². The van der Waals surface area contributed by atoms with E-state index in [4.69, 9.17) is 14.2 Å². The normalized spacial score (nSPS) is 17.5. The zero-order valence-corrected chi connectivity index (χ0v) is 39.0. The maximum absolute atomic E-state index is 14.6. The highest BCUT2D eigenvalue weighted by atomic mass is 32.2. The minimum Gasteiger partial charge on any atom is -0.497 e. The van der Waals surface area contributed by atoms with Crippen molar-refractivity contribution in [2.45, 2.75) is 110 Å². The van der Waals surface area contributed by atoms with E-state index in [1.165, 1.54) is 20.5 Å². The number of benzene rings is 3. The number of sulfonamides is 1. The first-order chi connectivity index (χ1) is 30.4. The first-order valence-electron chi connectivity index (χ1n) is 21.6. The van der Waals surface area contributed by atoms with Crippen LogP contribution in [0, 0.1) is 12.3 Å². The molecule has 1 saturated carbocycles. The summed E-state index contributed by atoms with van der Waals surface area (Å²) in [5, 5.41) is 16.2. The zero-order valence-electron chi connectivity index (χ0n) is 37.4. The lowest BCUT2D eigenvalue weighted by atomic mass is 9.85. The highest BCUT2D eigenvalue weighted by molar-refractivity contribution is 7.89. The zero-order chi connectivity index (χ0) is 46.2. The Morgan fingerprint density at radius 3 is 2.14 bits per heavy atom. The number of β-amino-alcohol motifs (C(OH)–C–C–N with tert-alkyl or cyclic N) is 1. The molecule has 2 fully saturated rings. The van der Waals surface area contributed by atoms with Gasteiger partial charge in [-0.1, -0.05) is 57.2 Å². The molecule has 3 N–H and O–H groups in total. The number of hydrogen-bond acceptors (Lipinski definition) is 11. The number of carbonyl (C=O) groups is 3. The van der Waals surface area contributed by atoms with E-state index in [1.54, 1.807) is 40.5 Å². The number of nitrogens with one attached hydrogen (secondary N) is 2. The molecule has 3 amide bonds. The molecule has 14 nitrogen and oxygen atoms in total. The Morgan fingerprint density at radius 2 is 1.59 bits per heavy atom. The third kappa shape index (κ3) is 12.4. The Balaban J connectivity index is 1.09. The minimum absolute atomic E-state index is 0.00116. The number of likely N-dealkylation sites (tertiary alicyclic amines) is 1. The van der Waals surface area contributed by atoms with Gasteiger partial charge in [0.2, 0.25) is 21.8 Å². The summed E-state index contributed by atoms with van der Waals surface area (Å²) in [5.41, 5.74) is 3.06. The lowest BCUT2D eigenvalue weighted by molar-refractivity contribution is -0.145. The third-order valence-corrected chi connectivity index (χ3v) is 14.4. The molecule has 0 unspecified atom stereocenters. The van der Waals surface area contributed by atoms with Crippen molar-refractivity contribution >= 4 is 39.1 Å². The van der Waals surface area contributed by atoms with Crippen LogP contribution in [-0.2, 0) is 44.0 Å². The highest BCUT2D eigenvalue weighted by Crippen LogP contribution is 2.40. The lowest BCUT2D eigenvalue weighted by Crippen LogP contribution is -2.59. The molecule has 0 radical (unpaired) electrons. The summed E-state index contributed by atoms with van der Waals surface area (Å²) in [6, 6.07) is 18.2. The number of aliphatic hydroxyl groups is 1. The van der Waals surface area contributed by atoms with E-state index < -0.39 is 57.0 Å². The molecule has 1 aromatic heterocycles. The van der Waals surface area contributed by atoms with Crippen molar-refractivity contribution < 1.29 is 46.5 Å². The van der Waals surface area contributed by atoms with Gasteiger partial charge in [-0.15, -0.1) is 11.3 Å². The topological polar surface area (TPSA) is 177 Å². The molecule has 1 aliphatic heterocycles. The molecule has 3 aromatic carbocycles. The summed E-state index contributed by atoms with van der Waals surface area (Å²) in [6.07, 6.45) is 0.772. The average Bonchev–Trinajstić information content (AvgIpc) is 3.68. The summed E-state index contributed by atoms with van der Waals surface area (Å²) >= 11 is 1.49. The summed E-state index contributed by atoms with van der Waals surface area (Å²) < 4.78 is 60.8. The highest BCUT2D eigenvalue weighted by Gasteiger charge is 2.53. The molecule has 4 aromatic rings. The first kappa shape index (κ1) is 48.4. The number of thiazole rings is 1. The van der Waals surface area contributed by atoms with Gasteiger partial charge in [-0.25, -0.2) is 17.8 Å². The number of halogens is 1. The number of rotatable bonds is 21. The number of amides is 3. The maximum Gasteiger partial charge on any atom is 0.258 e. The van der Waals surface area contributed by atoms with Gasteiger partial charge in [0.15, 0.2) is 5.67 Å². The fraction of sp³-hybridized carbons (Fsp3) is 0.489.